The number of carbonyl (C=O) groups is 2. The van der Waals surface area contributed by atoms with E-state index in [1.165, 1.54) is 25.2 Å². The van der Waals surface area contributed by atoms with Crippen molar-refractivity contribution >= 4 is 11.9 Å². The van der Waals surface area contributed by atoms with Gasteiger partial charge in [0, 0.05) is 6.92 Å². The first-order valence-corrected chi connectivity index (χ1v) is 6.82. The summed E-state index contributed by atoms with van der Waals surface area (Å²) in [6, 6.07) is 3.97. The maximum absolute atomic E-state index is 11.5. The molecule has 4 heteroatoms. The lowest BCUT2D eigenvalue weighted by Crippen LogP contribution is -2.07. The van der Waals surface area contributed by atoms with Gasteiger partial charge >= 0.3 is 11.9 Å². The minimum absolute atomic E-state index is 0.184. The number of esters is 2. The molecule has 1 aliphatic rings. The Kier molecular flexibility index (Phi) is 4.12. The molecular formula is C16H20O4. The molecule has 0 fully saturated rings. The van der Waals surface area contributed by atoms with Gasteiger partial charge in [0.25, 0.3) is 0 Å². The Morgan fingerprint density at radius 3 is 2.60 bits per heavy atom. The molecular weight excluding hydrogens is 256 g/mol. The van der Waals surface area contributed by atoms with Crippen LogP contribution in [0.15, 0.2) is 12.1 Å². The molecule has 2 rings (SSSR count). The zero-order valence-corrected chi connectivity index (χ0v) is 12.4. The number of methoxy groups -OCH3 is 1. The first-order chi connectivity index (χ1) is 9.42. The minimum Gasteiger partial charge on any atom is -0.469 e. The van der Waals surface area contributed by atoms with E-state index < -0.39 is 0 Å². The van der Waals surface area contributed by atoms with E-state index in [1.54, 1.807) is 0 Å². The van der Waals surface area contributed by atoms with Gasteiger partial charge in [-0.25, -0.2) is 0 Å². The Morgan fingerprint density at radius 1 is 1.30 bits per heavy atom. The van der Waals surface area contributed by atoms with Crippen LogP contribution < -0.4 is 4.74 Å². The molecule has 0 bridgehead atoms. The molecule has 0 aromatic heterocycles. The van der Waals surface area contributed by atoms with Gasteiger partial charge < -0.3 is 9.47 Å². The maximum atomic E-state index is 11.5. The number of fused-ring (bicyclic) bond motifs is 1. The van der Waals surface area contributed by atoms with Crippen molar-refractivity contribution in [1.82, 2.24) is 0 Å². The van der Waals surface area contributed by atoms with E-state index in [-0.39, 0.29) is 17.9 Å². The summed E-state index contributed by atoms with van der Waals surface area (Å²) in [7, 11) is 1.41. The molecule has 0 heterocycles. The van der Waals surface area contributed by atoms with Crippen LogP contribution in [0.25, 0.3) is 0 Å². The van der Waals surface area contributed by atoms with Crippen LogP contribution in [0, 0.1) is 6.92 Å². The van der Waals surface area contributed by atoms with E-state index in [0.29, 0.717) is 18.1 Å². The van der Waals surface area contributed by atoms with E-state index in [9.17, 15) is 9.59 Å². The van der Waals surface area contributed by atoms with Crippen LogP contribution in [0.3, 0.4) is 0 Å². The number of carbonyl (C=O) groups excluding carboxylic acids is 2. The fraction of sp³-hybridized carbons (Fsp3) is 0.500. The van der Waals surface area contributed by atoms with Crippen molar-refractivity contribution < 1.29 is 19.1 Å². The Morgan fingerprint density at radius 2 is 2.00 bits per heavy atom. The first kappa shape index (κ1) is 14.6. The fourth-order valence-electron chi connectivity index (χ4n) is 2.93. The van der Waals surface area contributed by atoms with Gasteiger partial charge in [0.05, 0.1) is 13.5 Å². The number of rotatable bonds is 3. The highest BCUT2D eigenvalue weighted by Crippen LogP contribution is 2.45. The van der Waals surface area contributed by atoms with Crippen molar-refractivity contribution in [3.63, 3.8) is 0 Å². The van der Waals surface area contributed by atoms with E-state index in [1.807, 2.05) is 19.1 Å². The van der Waals surface area contributed by atoms with Crippen LogP contribution in [-0.2, 0) is 14.3 Å². The van der Waals surface area contributed by atoms with Crippen LogP contribution in [0.5, 0.6) is 5.75 Å². The zero-order valence-electron chi connectivity index (χ0n) is 12.4. The summed E-state index contributed by atoms with van der Waals surface area (Å²) < 4.78 is 9.99. The van der Waals surface area contributed by atoms with Crippen LogP contribution in [0.2, 0.25) is 0 Å². The molecule has 2 atom stereocenters. The highest BCUT2D eigenvalue weighted by atomic mass is 16.5. The molecule has 1 aromatic carbocycles. The van der Waals surface area contributed by atoms with E-state index >= 15 is 0 Å². The van der Waals surface area contributed by atoms with Crippen LogP contribution in [0.4, 0.5) is 0 Å². The Balaban J connectivity index is 2.33. The molecule has 0 N–H and O–H groups in total. The van der Waals surface area contributed by atoms with Crippen molar-refractivity contribution in [2.45, 2.75) is 45.4 Å². The molecule has 0 spiro atoms. The lowest BCUT2D eigenvalue weighted by molar-refractivity contribution is -0.141. The lowest BCUT2D eigenvalue weighted by Gasteiger charge is -2.13. The standard InChI is InChI=1S/C16H20O4/c1-9-5-12(7-16(18)19-4)14-6-10(2)15(8-13(9)14)20-11(3)17/h6,8-9,12H,5,7H2,1-4H3/t9-,12+/m0/s1. The van der Waals surface area contributed by atoms with Gasteiger partial charge in [0.15, 0.2) is 0 Å². The third kappa shape index (κ3) is 2.84. The topological polar surface area (TPSA) is 52.6 Å². The summed E-state index contributed by atoms with van der Waals surface area (Å²) in [6.45, 7) is 5.44. The summed E-state index contributed by atoms with van der Waals surface area (Å²) >= 11 is 0. The third-order valence-electron chi connectivity index (χ3n) is 3.88. The number of hydrogen-bond acceptors (Lipinski definition) is 4. The van der Waals surface area contributed by atoms with Crippen LogP contribution in [-0.4, -0.2) is 19.0 Å². The van der Waals surface area contributed by atoms with Crippen molar-refractivity contribution in [3.05, 3.63) is 28.8 Å². The van der Waals surface area contributed by atoms with E-state index in [4.69, 9.17) is 9.47 Å². The predicted octanol–water partition coefficient (Wildman–Crippen LogP) is 3.07. The number of ether oxygens (including phenoxy) is 2. The zero-order chi connectivity index (χ0) is 14.9. The molecule has 108 valence electrons. The molecule has 0 radical (unpaired) electrons. The van der Waals surface area contributed by atoms with Gasteiger partial charge in [-0.2, -0.15) is 0 Å². The third-order valence-corrected chi connectivity index (χ3v) is 3.88. The predicted molar refractivity (Wildman–Crippen MR) is 74.9 cm³/mol. The molecule has 0 unspecified atom stereocenters. The smallest absolute Gasteiger partial charge is 0.308 e. The monoisotopic (exact) mass is 276 g/mol. The molecule has 1 aliphatic carbocycles. The van der Waals surface area contributed by atoms with E-state index in [2.05, 4.69) is 6.92 Å². The molecule has 20 heavy (non-hydrogen) atoms. The van der Waals surface area contributed by atoms with Gasteiger partial charge in [0.2, 0.25) is 0 Å². The van der Waals surface area contributed by atoms with Crippen molar-refractivity contribution in [2.75, 3.05) is 7.11 Å². The second kappa shape index (κ2) is 5.65. The summed E-state index contributed by atoms with van der Waals surface area (Å²) in [5.74, 6) is 0.662. The van der Waals surface area contributed by atoms with Gasteiger partial charge in [-0.1, -0.05) is 13.0 Å². The number of aryl methyl sites for hydroxylation is 1. The Bertz CT molecular complexity index is 548. The molecule has 1 aromatic rings. The van der Waals surface area contributed by atoms with Crippen molar-refractivity contribution in [1.29, 1.82) is 0 Å². The minimum atomic E-state index is -0.315. The van der Waals surface area contributed by atoms with Crippen molar-refractivity contribution in [3.8, 4) is 5.75 Å². The summed E-state index contributed by atoms with van der Waals surface area (Å²) in [4.78, 5) is 22.6. The van der Waals surface area contributed by atoms with Gasteiger partial charge in [-0.05, 0) is 47.9 Å². The summed E-state index contributed by atoms with van der Waals surface area (Å²) in [5, 5.41) is 0. The van der Waals surface area contributed by atoms with Gasteiger partial charge in [-0.15, -0.1) is 0 Å². The van der Waals surface area contributed by atoms with Gasteiger partial charge in [-0.3, -0.25) is 9.59 Å². The van der Waals surface area contributed by atoms with Gasteiger partial charge in [0.1, 0.15) is 5.75 Å². The quantitative estimate of drug-likeness (QED) is 0.629. The highest BCUT2D eigenvalue weighted by molar-refractivity contribution is 5.72. The molecule has 0 saturated heterocycles. The second-order valence-electron chi connectivity index (χ2n) is 5.45. The lowest BCUT2D eigenvalue weighted by atomic mass is 9.96. The first-order valence-electron chi connectivity index (χ1n) is 6.82. The second-order valence-corrected chi connectivity index (χ2v) is 5.45. The number of benzene rings is 1. The van der Waals surface area contributed by atoms with Crippen LogP contribution >= 0.6 is 0 Å². The SMILES string of the molecule is COC(=O)C[C@H]1C[C@H](C)c2cc(OC(C)=O)c(C)cc21. The molecule has 0 aliphatic heterocycles. The normalized spacial score (nSPS) is 20.4. The maximum Gasteiger partial charge on any atom is 0.308 e. The Hall–Kier alpha value is -1.84. The average molecular weight is 276 g/mol. The fourth-order valence-corrected chi connectivity index (χ4v) is 2.93. The summed E-state index contributed by atoms with van der Waals surface area (Å²) in [5.41, 5.74) is 3.26. The molecule has 0 saturated carbocycles. The summed E-state index contributed by atoms with van der Waals surface area (Å²) in [6.07, 6.45) is 1.33. The van der Waals surface area contributed by atoms with E-state index in [0.717, 1.165) is 12.0 Å². The molecule has 0 amide bonds. The van der Waals surface area contributed by atoms with Crippen LogP contribution in [0.1, 0.15) is 55.2 Å². The van der Waals surface area contributed by atoms with Crippen molar-refractivity contribution in [2.24, 2.45) is 0 Å². The highest BCUT2D eigenvalue weighted by Gasteiger charge is 2.31. The largest absolute Gasteiger partial charge is 0.469 e. The Labute approximate surface area is 119 Å². The number of hydrogen-bond donors (Lipinski definition) is 0. The molecule has 4 nitrogen and oxygen atoms in total. The average Bonchev–Trinajstić information content (AvgIpc) is 2.66.